The normalized spacial score (nSPS) is 19.0. The molecule has 170 valence electrons. The van der Waals surface area contributed by atoms with Crippen molar-refractivity contribution in [2.24, 2.45) is 27.5 Å². The molecule has 5 N–H and O–H groups in total. The average Bonchev–Trinajstić information content (AvgIpc) is 3.60. The molecule has 1 aromatic heterocycles. The van der Waals surface area contributed by atoms with Crippen molar-refractivity contribution in [3.63, 3.8) is 0 Å². The lowest BCUT2D eigenvalue weighted by molar-refractivity contribution is 0.154. The van der Waals surface area contributed by atoms with Gasteiger partial charge in [-0.2, -0.15) is 4.99 Å². The quantitative estimate of drug-likeness (QED) is 0.263. The van der Waals surface area contributed by atoms with Gasteiger partial charge in [-0.1, -0.05) is 6.42 Å². The Balaban J connectivity index is 1.68. The first kappa shape index (κ1) is 22.9. The van der Waals surface area contributed by atoms with Gasteiger partial charge in [-0.05, 0) is 56.6 Å². The van der Waals surface area contributed by atoms with E-state index in [1.165, 1.54) is 37.1 Å². The van der Waals surface area contributed by atoms with Gasteiger partial charge in [-0.3, -0.25) is 15.0 Å². The van der Waals surface area contributed by atoms with Crippen LogP contribution < -0.4 is 21.6 Å². The highest BCUT2D eigenvalue weighted by atomic mass is 16.5. The maximum atomic E-state index is 6.37. The number of nitrogens with zero attached hydrogens (tertiary/aromatic N) is 4. The summed E-state index contributed by atoms with van der Waals surface area (Å²) in [4.78, 5) is 13.0. The summed E-state index contributed by atoms with van der Waals surface area (Å²) in [6, 6.07) is 3.72. The van der Waals surface area contributed by atoms with E-state index in [-0.39, 0.29) is 6.10 Å². The van der Waals surface area contributed by atoms with Crippen LogP contribution in [-0.4, -0.2) is 48.7 Å². The number of hydrogen-bond acceptors (Lipinski definition) is 7. The van der Waals surface area contributed by atoms with Crippen LogP contribution in [0.1, 0.15) is 57.6 Å². The zero-order chi connectivity index (χ0) is 22.2. The van der Waals surface area contributed by atoms with E-state index in [1.807, 2.05) is 12.1 Å². The first-order valence-corrected chi connectivity index (χ1v) is 11.0. The molecule has 0 unspecified atom stereocenters. The van der Waals surface area contributed by atoms with Crippen molar-refractivity contribution < 1.29 is 9.47 Å². The van der Waals surface area contributed by atoms with Gasteiger partial charge in [0.15, 0.2) is 5.90 Å². The van der Waals surface area contributed by atoms with Gasteiger partial charge in [-0.25, -0.2) is 5.84 Å². The van der Waals surface area contributed by atoms with Crippen LogP contribution in [0.5, 0.6) is 5.75 Å². The molecular formula is C22H35N7O2. The smallest absolute Gasteiger partial charge is 0.226 e. The lowest BCUT2D eigenvalue weighted by Crippen LogP contribution is -2.39. The summed E-state index contributed by atoms with van der Waals surface area (Å²) in [7, 11) is 3.32. The second-order valence-corrected chi connectivity index (χ2v) is 8.19. The molecule has 0 radical (unpaired) electrons. The van der Waals surface area contributed by atoms with E-state index in [0.717, 1.165) is 18.6 Å². The summed E-state index contributed by atoms with van der Waals surface area (Å²) in [5, 5.41) is 4.46. The van der Waals surface area contributed by atoms with Crippen LogP contribution in [-0.2, 0) is 4.74 Å². The molecule has 2 saturated carbocycles. The van der Waals surface area contributed by atoms with Crippen LogP contribution in [0.15, 0.2) is 34.1 Å². The first-order valence-electron chi connectivity index (χ1n) is 11.0. The molecule has 0 saturated heterocycles. The zero-order valence-electron chi connectivity index (χ0n) is 18.8. The molecule has 31 heavy (non-hydrogen) atoms. The highest BCUT2D eigenvalue weighted by molar-refractivity contribution is 5.93. The molecule has 3 rings (SSSR count). The third-order valence-electron chi connectivity index (χ3n) is 5.41. The lowest BCUT2D eigenvalue weighted by Gasteiger charge is -2.23. The van der Waals surface area contributed by atoms with Crippen molar-refractivity contribution in [1.29, 1.82) is 0 Å². The standard InChI is InChI=1S/C22H35N7O2/c1-15(30-14-16-9-10-16)27-22(25-2)28-21(29(3)24)20(23)19-12-11-18(13-26-19)31-17-7-5-4-6-8-17/h11-13,16-17H,4-10,14,23-24H2,1-3H3,(H,25,28)/b21-20-,27-15+. The molecule has 1 heterocycles. The second-order valence-electron chi connectivity index (χ2n) is 8.19. The Morgan fingerprint density at radius 3 is 2.55 bits per heavy atom. The number of nitrogens with two attached hydrogens (primary N) is 2. The van der Waals surface area contributed by atoms with Gasteiger partial charge in [-0.15, -0.1) is 0 Å². The van der Waals surface area contributed by atoms with Crippen LogP contribution in [0.2, 0.25) is 0 Å². The van der Waals surface area contributed by atoms with Gasteiger partial charge < -0.3 is 20.5 Å². The van der Waals surface area contributed by atoms with Crippen molar-refractivity contribution in [1.82, 2.24) is 15.3 Å². The Labute approximate surface area is 184 Å². The molecular weight excluding hydrogens is 394 g/mol. The molecule has 9 heteroatoms. The predicted molar refractivity (Wildman–Crippen MR) is 123 cm³/mol. The summed E-state index contributed by atoms with van der Waals surface area (Å²) >= 11 is 0. The van der Waals surface area contributed by atoms with Gasteiger partial charge in [0.2, 0.25) is 5.96 Å². The number of hydrazine groups is 1. The zero-order valence-corrected chi connectivity index (χ0v) is 18.8. The maximum absolute atomic E-state index is 6.37. The van der Waals surface area contributed by atoms with Crippen LogP contribution in [0, 0.1) is 5.92 Å². The minimum atomic E-state index is 0.272. The molecule has 2 aliphatic rings. The van der Waals surface area contributed by atoms with Crippen LogP contribution in [0.4, 0.5) is 0 Å². The minimum Gasteiger partial charge on any atom is -0.489 e. The molecule has 2 aliphatic carbocycles. The van der Waals surface area contributed by atoms with E-state index in [9.17, 15) is 0 Å². The number of rotatable bonds is 7. The monoisotopic (exact) mass is 429 g/mol. The minimum absolute atomic E-state index is 0.272. The molecule has 0 atom stereocenters. The Bertz CT molecular complexity index is 808. The Kier molecular flexibility index (Phi) is 8.11. The van der Waals surface area contributed by atoms with Crippen LogP contribution >= 0.6 is 0 Å². The number of guanidine groups is 1. The van der Waals surface area contributed by atoms with Crippen molar-refractivity contribution in [2.45, 2.75) is 58.0 Å². The second kappa shape index (κ2) is 11.0. The van der Waals surface area contributed by atoms with Crippen LogP contribution in [0.25, 0.3) is 5.70 Å². The van der Waals surface area contributed by atoms with Gasteiger partial charge in [0.05, 0.1) is 24.6 Å². The Morgan fingerprint density at radius 2 is 1.97 bits per heavy atom. The Morgan fingerprint density at radius 1 is 1.23 bits per heavy atom. The van der Waals surface area contributed by atoms with Crippen molar-refractivity contribution in [3.8, 4) is 5.75 Å². The molecule has 0 bridgehead atoms. The average molecular weight is 430 g/mol. The van der Waals surface area contributed by atoms with E-state index >= 15 is 0 Å². The number of nitrogens with one attached hydrogen (secondary N) is 1. The molecule has 0 amide bonds. The summed E-state index contributed by atoms with van der Waals surface area (Å²) in [6.07, 6.45) is 10.3. The third kappa shape index (κ3) is 7.13. The molecule has 2 fully saturated rings. The lowest BCUT2D eigenvalue weighted by atomic mass is 9.98. The SMILES string of the molecule is C/N=C(\N=C(/C)OCC1CC1)N/C(=C(/N)c1ccc(OC2CCCCC2)cn1)N(C)N. The predicted octanol–water partition coefficient (Wildman–Crippen LogP) is 2.60. The van der Waals surface area contributed by atoms with E-state index in [0.29, 0.717) is 41.6 Å². The van der Waals surface area contributed by atoms with E-state index in [2.05, 4.69) is 20.3 Å². The largest absolute Gasteiger partial charge is 0.489 e. The highest BCUT2D eigenvalue weighted by Crippen LogP contribution is 2.28. The van der Waals surface area contributed by atoms with Crippen molar-refractivity contribution >= 4 is 17.6 Å². The summed E-state index contributed by atoms with van der Waals surface area (Å²) in [6.45, 7) is 2.49. The molecule has 0 aromatic carbocycles. The number of aromatic nitrogens is 1. The molecule has 9 nitrogen and oxygen atoms in total. The summed E-state index contributed by atoms with van der Waals surface area (Å²) < 4.78 is 11.7. The van der Waals surface area contributed by atoms with E-state index in [4.69, 9.17) is 21.1 Å². The topological polar surface area (TPSA) is 123 Å². The van der Waals surface area contributed by atoms with Gasteiger partial charge in [0.25, 0.3) is 0 Å². The van der Waals surface area contributed by atoms with E-state index in [1.54, 1.807) is 27.2 Å². The summed E-state index contributed by atoms with van der Waals surface area (Å²) in [5.74, 6) is 8.75. The fourth-order valence-corrected chi connectivity index (χ4v) is 3.40. The van der Waals surface area contributed by atoms with Gasteiger partial charge >= 0.3 is 0 Å². The maximum Gasteiger partial charge on any atom is 0.226 e. The first-order chi connectivity index (χ1) is 15.0. The van der Waals surface area contributed by atoms with Crippen LogP contribution in [0.3, 0.4) is 0 Å². The van der Waals surface area contributed by atoms with Crippen molar-refractivity contribution in [2.75, 3.05) is 20.7 Å². The summed E-state index contributed by atoms with van der Waals surface area (Å²) in [5.41, 5.74) is 7.33. The Hall–Kier alpha value is -2.81. The molecule has 0 aliphatic heterocycles. The highest BCUT2D eigenvalue weighted by Gasteiger charge is 2.22. The molecule has 0 spiro atoms. The van der Waals surface area contributed by atoms with Crippen molar-refractivity contribution in [3.05, 3.63) is 29.8 Å². The van der Waals surface area contributed by atoms with Gasteiger partial charge in [0, 0.05) is 21.0 Å². The van der Waals surface area contributed by atoms with Gasteiger partial charge in [0.1, 0.15) is 17.3 Å². The number of pyridine rings is 1. The van der Waals surface area contributed by atoms with E-state index < -0.39 is 0 Å². The number of aliphatic imine (C=N–C) groups is 2. The fourth-order valence-electron chi connectivity index (χ4n) is 3.40. The number of hydrogen-bond donors (Lipinski definition) is 3. The number of ether oxygens (including phenoxy) is 2. The molecule has 1 aromatic rings. The fraction of sp³-hybridized carbons (Fsp3) is 0.591. The third-order valence-corrected chi connectivity index (χ3v) is 5.41.